The Labute approximate surface area is 234 Å². The molecule has 3 amide bonds. The maximum absolute atomic E-state index is 14.2. The largest absolute Gasteiger partial charge is 0.444 e. The molecule has 1 saturated heterocycles. The number of hydrogen-bond donors (Lipinski definition) is 2. The highest BCUT2D eigenvalue weighted by molar-refractivity contribution is 5.94. The van der Waals surface area contributed by atoms with Gasteiger partial charge in [0.25, 0.3) is 5.91 Å². The molecule has 2 aromatic heterocycles. The number of carbonyl (C=O) groups is 3. The lowest BCUT2D eigenvalue weighted by Crippen LogP contribution is -2.58. The van der Waals surface area contributed by atoms with Crippen LogP contribution in [0.5, 0.6) is 0 Å². The van der Waals surface area contributed by atoms with Crippen LogP contribution in [0.25, 0.3) is 11.3 Å². The minimum Gasteiger partial charge on any atom is -0.444 e. The van der Waals surface area contributed by atoms with Crippen LogP contribution in [0, 0.1) is 17.6 Å². The molecule has 0 bridgehead atoms. The maximum atomic E-state index is 14.2. The summed E-state index contributed by atoms with van der Waals surface area (Å²) in [5.74, 6) is -3.03. The molecule has 1 aromatic carbocycles. The van der Waals surface area contributed by atoms with E-state index in [1.165, 1.54) is 17.0 Å². The molecule has 2 fully saturated rings. The third-order valence-electron chi connectivity index (χ3n) is 6.96. The first kappa shape index (κ1) is 28.1. The van der Waals surface area contributed by atoms with Gasteiger partial charge in [-0.15, -0.1) is 0 Å². The Morgan fingerprint density at radius 2 is 1.85 bits per heavy atom. The lowest BCUT2D eigenvalue weighted by Gasteiger charge is -2.39. The molecule has 3 heterocycles. The molecule has 41 heavy (non-hydrogen) atoms. The van der Waals surface area contributed by atoms with Crippen molar-refractivity contribution in [3.8, 4) is 11.3 Å². The standard InChI is InChI=1S/C28H30F2N6O5/c1-27(2,3)40-26(39)36-12-7-20(18(15-36)23(37)34-28(8-9-28)25-31-10-4-11-32-25)33-24(38)21-14-22(41-35-21)17-6-5-16(29)13-19(17)30/h4-6,10-11,13-14,18,20H,7-9,12,15H2,1-3H3,(H,33,38)(H,34,37)/t18-,20+/m1/s1. The topological polar surface area (TPSA) is 140 Å². The Morgan fingerprint density at radius 1 is 1.12 bits per heavy atom. The Morgan fingerprint density at radius 3 is 2.51 bits per heavy atom. The van der Waals surface area contributed by atoms with Crippen molar-refractivity contribution >= 4 is 17.9 Å². The summed E-state index contributed by atoms with van der Waals surface area (Å²) in [6.45, 7) is 5.50. The molecule has 1 saturated carbocycles. The molecule has 216 valence electrons. The highest BCUT2D eigenvalue weighted by Crippen LogP contribution is 2.44. The van der Waals surface area contributed by atoms with E-state index in [0.29, 0.717) is 24.7 Å². The van der Waals surface area contributed by atoms with Crippen LogP contribution >= 0.6 is 0 Å². The minimum absolute atomic E-state index is 0.00226. The second-order valence-electron chi connectivity index (χ2n) is 11.2. The number of likely N-dealkylation sites (tertiary alicyclic amines) is 1. The van der Waals surface area contributed by atoms with Crippen molar-refractivity contribution in [2.45, 2.75) is 57.2 Å². The SMILES string of the molecule is CC(C)(C)OC(=O)N1CC[C@H](NC(=O)c2cc(-c3ccc(F)cc3F)on2)[C@H](C(=O)NC2(c3ncccn3)CC2)C1. The second kappa shape index (κ2) is 10.9. The summed E-state index contributed by atoms with van der Waals surface area (Å²) < 4.78 is 38.1. The third-order valence-corrected chi connectivity index (χ3v) is 6.96. The predicted octanol–water partition coefficient (Wildman–Crippen LogP) is 3.57. The lowest BCUT2D eigenvalue weighted by atomic mass is 9.90. The average Bonchev–Trinajstić information content (AvgIpc) is 3.53. The van der Waals surface area contributed by atoms with E-state index in [4.69, 9.17) is 9.26 Å². The summed E-state index contributed by atoms with van der Waals surface area (Å²) in [7, 11) is 0. The van der Waals surface area contributed by atoms with E-state index >= 15 is 0 Å². The number of hydrogen-bond acceptors (Lipinski definition) is 8. The molecule has 1 aliphatic carbocycles. The van der Waals surface area contributed by atoms with Crippen LogP contribution in [0.4, 0.5) is 13.6 Å². The third kappa shape index (κ3) is 6.34. The van der Waals surface area contributed by atoms with Crippen molar-refractivity contribution in [1.82, 2.24) is 30.7 Å². The van der Waals surface area contributed by atoms with E-state index in [0.717, 1.165) is 6.07 Å². The van der Waals surface area contributed by atoms with Gasteiger partial charge >= 0.3 is 6.09 Å². The fourth-order valence-corrected chi connectivity index (χ4v) is 4.73. The van der Waals surface area contributed by atoms with Gasteiger partial charge in [0.2, 0.25) is 5.91 Å². The molecule has 0 spiro atoms. The van der Waals surface area contributed by atoms with Gasteiger partial charge in [0, 0.05) is 43.7 Å². The number of nitrogens with one attached hydrogen (secondary N) is 2. The Balaban J connectivity index is 1.34. The first-order valence-electron chi connectivity index (χ1n) is 13.2. The van der Waals surface area contributed by atoms with E-state index in [1.807, 2.05) is 0 Å². The molecule has 2 atom stereocenters. The summed E-state index contributed by atoms with van der Waals surface area (Å²) in [6.07, 6.45) is 4.22. The number of nitrogens with zero attached hydrogens (tertiary/aromatic N) is 4. The van der Waals surface area contributed by atoms with Crippen molar-refractivity contribution in [2.75, 3.05) is 13.1 Å². The molecule has 13 heteroatoms. The fourth-order valence-electron chi connectivity index (χ4n) is 4.73. The van der Waals surface area contributed by atoms with Gasteiger partial charge in [0.05, 0.1) is 17.0 Å². The molecular formula is C28H30F2N6O5. The van der Waals surface area contributed by atoms with Crippen LogP contribution in [0.15, 0.2) is 47.2 Å². The summed E-state index contributed by atoms with van der Waals surface area (Å²) in [4.78, 5) is 49.7. The first-order chi connectivity index (χ1) is 19.4. The molecule has 0 unspecified atom stereocenters. The van der Waals surface area contributed by atoms with Crippen LogP contribution in [-0.4, -0.2) is 62.7 Å². The van der Waals surface area contributed by atoms with Crippen LogP contribution in [0.2, 0.25) is 0 Å². The Bertz CT molecular complexity index is 1450. The van der Waals surface area contributed by atoms with Crippen LogP contribution in [0.1, 0.15) is 56.3 Å². The number of ether oxygens (including phenoxy) is 1. The maximum Gasteiger partial charge on any atom is 0.410 e. The summed E-state index contributed by atoms with van der Waals surface area (Å²) in [5, 5.41) is 9.60. The van der Waals surface area contributed by atoms with Crippen LogP contribution < -0.4 is 10.6 Å². The fraction of sp³-hybridized carbons (Fsp3) is 0.429. The number of piperidine rings is 1. The van der Waals surface area contributed by atoms with Gasteiger partial charge in [-0.2, -0.15) is 0 Å². The van der Waals surface area contributed by atoms with Gasteiger partial charge in [-0.3, -0.25) is 9.59 Å². The molecule has 3 aromatic rings. The van der Waals surface area contributed by atoms with Gasteiger partial charge in [-0.1, -0.05) is 5.16 Å². The van der Waals surface area contributed by atoms with Crippen molar-refractivity contribution in [3.05, 3.63) is 65.9 Å². The van der Waals surface area contributed by atoms with E-state index in [1.54, 1.807) is 39.2 Å². The van der Waals surface area contributed by atoms with Gasteiger partial charge in [0.15, 0.2) is 17.3 Å². The van der Waals surface area contributed by atoms with Crippen molar-refractivity contribution in [2.24, 2.45) is 5.92 Å². The average molecular weight is 569 g/mol. The molecule has 2 aliphatic rings. The molecular weight excluding hydrogens is 538 g/mol. The van der Waals surface area contributed by atoms with E-state index in [2.05, 4.69) is 25.8 Å². The predicted molar refractivity (Wildman–Crippen MR) is 140 cm³/mol. The quantitative estimate of drug-likeness (QED) is 0.460. The number of aromatic nitrogens is 3. The van der Waals surface area contributed by atoms with Gasteiger partial charge in [0.1, 0.15) is 17.2 Å². The number of carbonyl (C=O) groups excluding carboxylic acids is 3. The zero-order valence-electron chi connectivity index (χ0n) is 22.8. The van der Waals surface area contributed by atoms with Crippen molar-refractivity contribution < 1.29 is 32.4 Å². The minimum atomic E-state index is -0.865. The van der Waals surface area contributed by atoms with Gasteiger partial charge in [-0.25, -0.2) is 23.5 Å². The summed E-state index contributed by atoms with van der Waals surface area (Å²) in [6, 6.07) is 5.21. The lowest BCUT2D eigenvalue weighted by molar-refractivity contribution is -0.128. The van der Waals surface area contributed by atoms with Crippen molar-refractivity contribution in [3.63, 3.8) is 0 Å². The van der Waals surface area contributed by atoms with Crippen LogP contribution in [0.3, 0.4) is 0 Å². The molecule has 0 radical (unpaired) electrons. The number of rotatable bonds is 6. The zero-order valence-corrected chi connectivity index (χ0v) is 22.8. The summed E-state index contributed by atoms with van der Waals surface area (Å²) >= 11 is 0. The molecule has 11 nitrogen and oxygen atoms in total. The molecule has 2 N–H and O–H groups in total. The monoisotopic (exact) mass is 568 g/mol. The van der Waals surface area contributed by atoms with E-state index in [9.17, 15) is 23.2 Å². The molecule has 5 rings (SSSR count). The number of benzene rings is 1. The highest BCUT2D eigenvalue weighted by atomic mass is 19.1. The van der Waals surface area contributed by atoms with Gasteiger partial charge < -0.3 is 24.8 Å². The zero-order chi connectivity index (χ0) is 29.4. The normalized spacial score (nSPS) is 19.8. The van der Waals surface area contributed by atoms with Crippen LogP contribution in [-0.2, 0) is 15.1 Å². The van der Waals surface area contributed by atoms with Crippen molar-refractivity contribution in [1.29, 1.82) is 0 Å². The van der Waals surface area contributed by atoms with E-state index < -0.39 is 46.7 Å². The van der Waals surface area contributed by atoms with Gasteiger partial charge in [-0.05, 0) is 58.2 Å². The Kier molecular flexibility index (Phi) is 7.45. The highest BCUT2D eigenvalue weighted by Gasteiger charge is 2.50. The number of halogens is 2. The molecule has 1 aliphatic heterocycles. The summed E-state index contributed by atoms with van der Waals surface area (Å²) in [5.41, 5.74) is -1.63. The Hall–Kier alpha value is -4.42. The first-order valence-corrected chi connectivity index (χ1v) is 13.2. The second-order valence-corrected chi connectivity index (χ2v) is 11.2. The van der Waals surface area contributed by atoms with E-state index in [-0.39, 0.29) is 42.4 Å². The smallest absolute Gasteiger partial charge is 0.410 e. The number of amides is 3.